The molecule has 3 heteroatoms. The second-order valence-corrected chi connectivity index (χ2v) is 5.15. The molecule has 2 N–H and O–H groups in total. The van der Waals surface area contributed by atoms with Gasteiger partial charge in [-0.1, -0.05) is 0 Å². The third-order valence-electron chi connectivity index (χ3n) is 3.33. The standard InChI is InChI=1S/C12H19NO2/c1-11(2)8-12(9-14,5-6-13-11)10-4-3-7-15-10/h3-4,7,13-14H,5-6,8-9H2,1-2H3. The summed E-state index contributed by atoms with van der Waals surface area (Å²) in [4.78, 5) is 0. The lowest BCUT2D eigenvalue weighted by Gasteiger charge is -2.43. The van der Waals surface area contributed by atoms with Gasteiger partial charge in [0.05, 0.1) is 18.3 Å². The van der Waals surface area contributed by atoms with Crippen molar-refractivity contribution in [1.82, 2.24) is 5.32 Å². The highest BCUT2D eigenvalue weighted by molar-refractivity contribution is 5.18. The van der Waals surface area contributed by atoms with Gasteiger partial charge in [0.25, 0.3) is 0 Å². The van der Waals surface area contributed by atoms with Crippen molar-refractivity contribution in [2.75, 3.05) is 13.2 Å². The molecule has 0 bridgehead atoms. The van der Waals surface area contributed by atoms with E-state index in [1.165, 1.54) is 0 Å². The average Bonchev–Trinajstić information content (AvgIpc) is 2.69. The number of hydrogen-bond donors (Lipinski definition) is 2. The van der Waals surface area contributed by atoms with Gasteiger partial charge < -0.3 is 14.8 Å². The van der Waals surface area contributed by atoms with Crippen LogP contribution in [0.25, 0.3) is 0 Å². The van der Waals surface area contributed by atoms with Crippen LogP contribution in [0.5, 0.6) is 0 Å². The predicted octanol–water partition coefficient (Wildman–Crippen LogP) is 1.67. The first kappa shape index (κ1) is 10.7. The van der Waals surface area contributed by atoms with Crippen molar-refractivity contribution >= 4 is 0 Å². The summed E-state index contributed by atoms with van der Waals surface area (Å²) in [5.41, 5.74) is -0.133. The molecule has 1 aromatic rings. The first-order chi connectivity index (χ1) is 7.08. The summed E-state index contributed by atoms with van der Waals surface area (Å²) in [6.45, 7) is 5.42. The number of piperidine rings is 1. The molecule has 0 saturated carbocycles. The number of furan rings is 1. The molecule has 1 saturated heterocycles. The van der Waals surface area contributed by atoms with Crippen LogP contribution in [-0.4, -0.2) is 23.8 Å². The van der Waals surface area contributed by atoms with Gasteiger partial charge in [0, 0.05) is 5.54 Å². The van der Waals surface area contributed by atoms with E-state index in [2.05, 4.69) is 19.2 Å². The molecule has 0 radical (unpaired) electrons. The van der Waals surface area contributed by atoms with Crippen molar-refractivity contribution in [2.45, 2.75) is 37.6 Å². The van der Waals surface area contributed by atoms with Crippen LogP contribution in [0.15, 0.2) is 22.8 Å². The number of aliphatic hydroxyl groups is 1. The maximum absolute atomic E-state index is 9.66. The molecule has 84 valence electrons. The average molecular weight is 209 g/mol. The quantitative estimate of drug-likeness (QED) is 0.779. The topological polar surface area (TPSA) is 45.4 Å². The second kappa shape index (κ2) is 3.65. The Balaban J connectivity index is 2.29. The Labute approximate surface area is 90.5 Å². The van der Waals surface area contributed by atoms with Gasteiger partial charge in [-0.3, -0.25) is 0 Å². The normalized spacial score (nSPS) is 30.3. The maximum Gasteiger partial charge on any atom is 0.112 e. The van der Waals surface area contributed by atoms with Gasteiger partial charge in [0.1, 0.15) is 5.76 Å². The Morgan fingerprint density at radius 1 is 1.53 bits per heavy atom. The summed E-state index contributed by atoms with van der Waals surface area (Å²) < 4.78 is 5.47. The van der Waals surface area contributed by atoms with Crippen molar-refractivity contribution in [1.29, 1.82) is 0 Å². The molecule has 1 fully saturated rings. The maximum atomic E-state index is 9.66. The van der Waals surface area contributed by atoms with E-state index in [9.17, 15) is 5.11 Å². The molecular weight excluding hydrogens is 190 g/mol. The SMILES string of the molecule is CC1(C)CC(CO)(c2ccco2)CCN1. The second-order valence-electron chi connectivity index (χ2n) is 5.15. The predicted molar refractivity (Wildman–Crippen MR) is 58.8 cm³/mol. The summed E-state index contributed by atoms with van der Waals surface area (Å²) in [6, 6.07) is 3.86. The van der Waals surface area contributed by atoms with E-state index < -0.39 is 0 Å². The van der Waals surface area contributed by atoms with Crippen molar-refractivity contribution in [3.05, 3.63) is 24.2 Å². The molecule has 1 unspecified atom stereocenters. The summed E-state index contributed by atoms with van der Waals surface area (Å²) in [5, 5.41) is 13.1. The monoisotopic (exact) mass is 209 g/mol. The molecule has 0 aromatic carbocycles. The first-order valence-electron chi connectivity index (χ1n) is 5.48. The van der Waals surface area contributed by atoms with Crippen LogP contribution in [-0.2, 0) is 5.41 Å². The van der Waals surface area contributed by atoms with E-state index in [1.54, 1.807) is 6.26 Å². The van der Waals surface area contributed by atoms with Crippen molar-refractivity contribution in [3.8, 4) is 0 Å². The van der Waals surface area contributed by atoms with E-state index in [-0.39, 0.29) is 17.6 Å². The zero-order chi connectivity index (χ0) is 10.9. The molecule has 1 aromatic heterocycles. The van der Waals surface area contributed by atoms with Gasteiger partial charge >= 0.3 is 0 Å². The number of rotatable bonds is 2. The molecule has 2 rings (SSSR count). The summed E-state index contributed by atoms with van der Waals surface area (Å²) in [5.74, 6) is 0.916. The highest BCUT2D eigenvalue weighted by atomic mass is 16.3. The summed E-state index contributed by atoms with van der Waals surface area (Å²) in [7, 11) is 0. The molecule has 1 atom stereocenters. The van der Waals surface area contributed by atoms with Crippen molar-refractivity contribution in [2.24, 2.45) is 0 Å². The lowest BCUT2D eigenvalue weighted by molar-refractivity contribution is 0.0942. The lowest BCUT2D eigenvalue weighted by Crippen LogP contribution is -2.53. The van der Waals surface area contributed by atoms with Crippen LogP contribution in [0.2, 0.25) is 0 Å². The van der Waals surface area contributed by atoms with Crippen LogP contribution in [0, 0.1) is 0 Å². The number of hydrogen-bond acceptors (Lipinski definition) is 3. The molecular formula is C12H19NO2. The van der Waals surface area contributed by atoms with Gasteiger partial charge in [-0.15, -0.1) is 0 Å². The summed E-state index contributed by atoms with van der Waals surface area (Å²) in [6.07, 6.45) is 3.52. The molecule has 2 heterocycles. The number of nitrogens with one attached hydrogen (secondary N) is 1. The molecule has 1 aliphatic heterocycles. The molecule has 0 amide bonds. The Morgan fingerprint density at radius 3 is 2.87 bits per heavy atom. The first-order valence-corrected chi connectivity index (χ1v) is 5.48. The van der Waals surface area contributed by atoms with Crippen LogP contribution < -0.4 is 5.32 Å². The Hall–Kier alpha value is -0.800. The van der Waals surface area contributed by atoms with Crippen molar-refractivity contribution < 1.29 is 9.52 Å². The molecule has 15 heavy (non-hydrogen) atoms. The minimum absolute atomic E-state index is 0.0633. The molecule has 0 spiro atoms. The van der Waals surface area contributed by atoms with Crippen LogP contribution in [0.4, 0.5) is 0 Å². The van der Waals surface area contributed by atoms with Gasteiger partial charge in [-0.2, -0.15) is 0 Å². The van der Waals surface area contributed by atoms with E-state index in [1.807, 2.05) is 12.1 Å². The van der Waals surface area contributed by atoms with E-state index in [0.29, 0.717) is 0 Å². The minimum Gasteiger partial charge on any atom is -0.469 e. The third kappa shape index (κ3) is 1.94. The van der Waals surface area contributed by atoms with Gasteiger partial charge in [-0.25, -0.2) is 0 Å². The van der Waals surface area contributed by atoms with E-state index >= 15 is 0 Å². The van der Waals surface area contributed by atoms with Gasteiger partial charge in [-0.05, 0) is 45.4 Å². The largest absolute Gasteiger partial charge is 0.469 e. The van der Waals surface area contributed by atoms with E-state index in [0.717, 1.165) is 25.1 Å². The highest BCUT2D eigenvalue weighted by Gasteiger charge is 2.42. The van der Waals surface area contributed by atoms with Crippen molar-refractivity contribution in [3.63, 3.8) is 0 Å². The fraction of sp³-hybridized carbons (Fsp3) is 0.667. The fourth-order valence-corrected chi connectivity index (χ4v) is 2.64. The Kier molecular flexibility index (Phi) is 2.61. The zero-order valence-corrected chi connectivity index (χ0v) is 9.42. The third-order valence-corrected chi connectivity index (χ3v) is 3.33. The number of aliphatic hydroxyl groups excluding tert-OH is 1. The van der Waals surface area contributed by atoms with E-state index in [4.69, 9.17) is 4.42 Å². The van der Waals surface area contributed by atoms with Crippen LogP contribution >= 0.6 is 0 Å². The molecule has 0 aliphatic carbocycles. The summed E-state index contributed by atoms with van der Waals surface area (Å²) >= 11 is 0. The van der Waals surface area contributed by atoms with Gasteiger partial charge in [0.2, 0.25) is 0 Å². The zero-order valence-electron chi connectivity index (χ0n) is 9.42. The highest BCUT2D eigenvalue weighted by Crippen LogP contribution is 2.38. The lowest BCUT2D eigenvalue weighted by atomic mass is 9.70. The van der Waals surface area contributed by atoms with Crippen LogP contribution in [0.3, 0.4) is 0 Å². The fourth-order valence-electron chi connectivity index (χ4n) is 2.64. The Bertz CT molecular complexity index is 318. The molecule has 1 aliphatic rings. The van der Waals surface area contributed by atoms with Crippen LogP contribution in [0.1, 0.15) is 32.4 Å². The van der Waals surface area contributed by atoms with Gasteiger partial charge in [0.15, 0.2) is 0 Å². The molecule has 3 nitrogen and oxygen atoms in total. The smallest absolute Gasteiger partial charge is 0.112 e. The minimum atomic E-state index is -0.196. The Morgan fingerprint density at radius 2 is 2.33 bits per heavy atom.